The molecule has 50 heavy (non-hydrogen) atoms. The van der Waals surface area contributed by atoms with E-state index in [2.05, 4.69) is 0 Å². The Morgan fingerprint density at radius 3 is 2.50 bits per heavy atom. The number of carbonyl (C=O) groups is 2. The fourth-order valence-electron chi connectivity index (χ4n) is 5.94. The summed E-state index contributed by atoms with van der Waals surface area (Å²) in [4.78, 5) is 29.2. The van der Waals surface area contributed by atoms with Crippen molar-refractivity contribution in [2.24, 2.45) is 0 Å². The highest BCUT2D eigenvalue weighted by molar-refractivity contribution is 5.97. The van der Waals surface area contributed by atoms with Gasteiger partial charge in [0.2, 0.25) is 0 Å². The first-order chi connectivity index (χ1) is 24.0. The normalized spacial score (nSPS) is 17.6. The van der Waals surface area contributed by atoms with E-state index in [4.69, 9.17) is 28.4 Å². The number of methoxy groups -OCH3 is 1. The first-order valence-electron chi connectivity index (χ1n) is 17.0. The zero-order valence-electron chi connectivity index (χ0n) is 29.1. The molecule has 10 nitrogen and oxygen atoms in total. The van der Waals surface area contributed by atoms with Crippen molar-refractivity contribution in [1.29, 1.82) is 0 Å². The van der Waals surface area contributed by atoms with Crippen molar-refractivity contribution in [2.45, 2.75) is 64.3 Å². The van der Waals surface area contributed by atoms with Gasteiger partial charge in [-0.05, 0) is 81.1 Å². The molecule has 0 radical (unpaired) electrons. The predicted octanol–water partition coefficient (Wildman–Crippen LogP) is 6.88. The van der Waals surface area contributed by atoms with Crippen LogP contribution in [0.15, 0.2) is 60.7 Å². The molecule has 3 aromatic rings. The Morgan fingerprint density at radius 2 is 1.74 bits per heavy atom. The largest absolute Gasteiger partial charge is 0.493 e. The highest BCUT2D eigenvalue weighted by atomic mass is 19.1. The van der Waals surface area contributed by atoms with E-state index in [1.807, 2.05) is 63.2 Å². The number of nitrogens with zero attached hydrogens (tertiary/aromatic N) is 2. The lowest BCUT2D eigenvalue weighted by Gasteiger charge is -2.39. The molecule has 5 rings (SSSR count). The Hall–Kier alpha value is -4.42. The number of fused-ring (bicyclic) bond motifs is 1. The van der Waals surface area contributed by atoms with E-state index in [1.54, 1.807) is 16.9 Å². The fourth-order valence-corrected chi connectivity index (χ4v) is 5.94. The van der Waals surface area contributed by atoms with Gasteiger partial charge in [0.25, 0.3) is 5.91 Å². The minimum Gasteiger partial charge on any atom is -0.493 e. The van der Waals surface area contributed by atoms with Gasteiger partial charge in [-0.3, -0.25) is 4.79 Å². The molecule has 2 atom stereocenters. The molecule has 1 fully saturated rings. The monoisotopic (exact) mass is 696 g/mol. The minimum absolute atomic E-state index is 0.00385. The maximum Gasteiger partial charge on any atom is 0.410 e. The number of benzene rings is 3. The number of anilines is 1. The van der Waals surface area contributed by atoms with Crippen molar-refractivity contribution in [2.75, 3.05) is 58.1 Å². The average molecular weight is 697 g/mol. The van der Waals surface area contributed by atoms with Crippen LogP contribution in [0.4, 0.5) is 19.3 Å². The molecule has 3 aromatic carbocycles. The lowest BCUT2D eigenvalue weighted by Crippen LogP contribution is -2.48. The number of hydrogen-bond acceptors (Lipinski definition) is 8. The quantitative estimate of drug-likeness (QED) is 0.168. The third-order valence-electron chi connectivity index (χ3n) is 8.39. The van der Waals surface area contributed by atoms with E-state index in [0.29, 0.717) is 69.3 Å². The van der Waals surface area contributed by atoms with Gasteiger partial charge in [-0.25, -0.2) is 13.6 Å². The maximum atomic E-state index is 13.8. The summed E-state index contributed by atoms with van der Waals surface area (Å²) < 4.78 is 61.5. The van der Waals surface area contributed by atoms with E-state index in [1.165, 1.54) is 0 Å². The number of hydrogen-bond donors (Lipinski definition) is 0. The molecule has 2 aliphatic heterocycles. The predicted molar refractivity (Wildman–Crippen MR) is 183 cm³/mol. The molecule has 0 aromatic heterocycles. The molecule has 0 bridgehead atoms. The summed E-state index contributed by atoms with van der Waals surface area (Å²) in [7, 11) is 1.64. The molecule has 12 heteroatoms. The first-order valence-corrected chi connectivity index (χ1v) is 17.0. The molecule has 2 heterocycles. The summed E-state index contributed by atoms with van der Waals surface area (Å²) in [6, 6.07) is 16.6. The fraction of sp³-hybridized carbons (Fsp3) is 0.474. The maximum absolute atomic E-state index is 13.8. The van der Waals surface area contributed by atoms with Crippen LogP contribution in [0.3, 0.4) is 0 Å². The van der Waals surface area contributed by atoms with Crippen LogP contribution in [0.25, 0.3) is 0 Å². The molecule has 0 spiro atoms. The van der Waals surface area contributed by atoms with Gasteiger partial charge in [0, 0.05) is 45.2 Å². The van der Waals surface area contributed by atoms with Gasteiger partial charge in [0.15, 0.2) is 18.2 Å². The third-order valence-corrected chi connectivity index (χ3v) is 8.39. The zero-order chi connectivity index (χ0) is 35.7. The molecular formula is C38H46F2N2O8. The number of ether oxygens (including phenoxy) is 6. The first kappa shape index (κ1) is 36.9. The smallest absolute Gasteiger partial charge is 0.410 e. The number of likely N-dealkylation sites (tertiary alicyclic amines) is 1. The number of rotatable bonds is 14. The molecule has 0 aliphatic carbocycles. The van der Waals surface area contributed by atoms with Crippen LogP contribution >= 0.6 is 0 Å². The van der Waals surface area contributed by atoms with Gasteiger partial charge in [0.1, 0.15) is 22.9 Å². The van der Waals surface area contributed by atoms with Crippen LogP contribution in [-0.4, -0.2) is 81.8 Å². The van der Waals surface area contributed by atoms with Crippen LogP contribution in [0.5, 0.6) is 17.2 Å². The van der Waals surface area contributed by atoms with Crippen LogP contribution in [0.1, 0.15) is 57.1 Å². The molecular weight excluding hydrogens is 650 g/mol. The number of halogens is 2. The van der Waals surface area contributed by atoms with Crippen molar-refractivity contribution in [1.82, 2.24) is 4.90 Å². The Bertz CT molecular complexity index is 1600. The molecule has 2 amide bonds. The SMILES string of the molecule is COCCCN1C(=O)COc2ccc(COC3CN(C(=O)OC(C)(C)C)CCC3c3ccc(OCCCOc4cc(F)ccc4F)cc3)cc21. The van der Waals surface area contributed by atoms with E-state index < -0.39 is 17.2 Å². The van der Waals surface area contributed by atoms with Crippen LogP contribution in [-0.2, 0) is 25.6 Å². The van der Waals surface area contributed by atoms with Gasteiger partial charge in [-0.15, -0.1) is 0 Å². The minimum atomic E-state index is -0.625. The molecule has 0 saturated carbocycles. The lowest BCUT2D eigenvalue weighted by molar-refractivity contribution is -0.121. The molecule has 2 unspecified atom stereocenters. The summed E-state index contributed by atoms with van der Waals surface area (Å²) in [5, 5.41) is 0. The van der Waals surface area contributed by atoms with Gasteiger partial charge in [0.05, 0.1) is 38.2 Å². The van der Waals surface area contributed by atoms with Gasteiger partial charge in [-0.2, -0.15) is 0 Å². The molecule has 2 aliphatic rings. The summed E-state index contributed by atoms with van der Waals surface area (Å²) in [6.45, 7) is 8.21. The molecule has 0 N–H and O–H groups in total. The summed E-state index contributed by atoms with van der Waals surface area (Å²) in [5.41, 5.74) is 2.00. The van der Waals surface area contributed by atoms with E-state index >= 15 is 0 Å². The van der Waals surface area contributed by atoms with Crippen molar-refractivity contribution in [3.63, 3.8) is 0 Å². The second kappa shape index (κ2) is 17.0. The second-order valence-corrected chi connectivity index (χ2v) is 13.3. The summed E-state index contributed by atoms with van der Waals surface area (Å²) in [5.74, 6) is -0.107. The van der Waals surface area contributed by atoms with Gasteiger partial charge < -0.3 is 38.2 Å². The third kappa shape index (κ3) is 10.1. The van der Waals surface area contributed by atoms with Crippen molar-refractivity contribution in [3.05, 3.63) is 83.4 Å². The highest BCUT2D eigenvalue weighted by Crippen LogP contribution is 2.36. The average Bonchev–Trinajstić information content (AvgIpc) is 3.09. The number of piperidine rings is 1. The van der Waals surface area contributed by atoms with Gasteiger partial charge >= 0.3 is 6.09 Å². The number of amides is 2. The van der Waals surface area contributed by atoms with Crippen LogP contribution in [0.2, 0.25) is 0 Å². The second-order valence-electron chi connectivity index (χ2n) is 13.3. The Kier molecular flexibility index (Phi) is 12.5. The Morgan fingerprint density at radius 1 is 0.960 bits per heavy atom. The van der Waals surface area contributed by atoms with E-state index in [-0.39, 0.29) is 49.6 Å². The molecule has 1 saturated heterocycles. The van der Waals surface area contributed by atoms with Crippen molar-refractivity contribution < 1.29 is 46.8 Å². The standard InChI is InChI=1S/C38H46F2N2O8/c1-38(2,3)50-37(44)41-17-15-30(27-8-11-29(12-9-27)46-19-6-20-47-34-22-28(39)10-13-31(34)40)35(23-41)48-24-26-7-14-33-32(21-26)42(16-5-18-45-4)36(43)25-49-33/h7-14,21-22,30,35H,5-6,15-20,23-25H2,1-4H3. The van der Waals surface area contributed by atoms with Crippen molar-refractivity contribution >= 4 is 17.7 Å². The zero-order valence-corrected chi connectivity index (χ0v) is 29.1. The van der Waals surface area contributed by atoms with Crippen LogP contribution < -0.4 is 19.1 Å². The highest BCUT2D eigenvalue weighted by Gasteiger charge is 2.35. The molecule has 270 valence electrons. The lowest BCUT2D eigenvalue weighted by atomic mass is 9.87. The summed E-state index contributed by atoms with van der Waals surface area (Å²) in [6.07, 6.45) is 1.12. The van der Waals surface area contributed by atoms with E-state index in [0.717, 1.165) is 29.3 Å². The van der Waals surface area contributed by atoms with Crippen molar-refractivity contribution in [3.8, 4) is 17.2 Å². The topological polar surface area (TPSA) is 96.0 Å². The summed E-state index contributed by atoms with van der Waals surface area (Å²) >= 11 is 0. The Labute approximate surface area is 292 Å². The van der Waals surface area contributed by atoms with E-state index in [9.17, 15) is 18.4 Å². The number of carbonyl (C=O) groups excluding carboxylic acids is 2. The van der Waals surface area contributed by atoms with Crippen LogP contribution in [0, 0.1) is 11.6 Å². The Balaban J connectivity index is 1.23. The van der Waals surface area contributed by atoms with Gasteiger partial charge in [-0.1, -0.05) is 18.2 Å².